The summed E-state index contributed by atoms with van der Waals surface area (Å²) in [7, 11) is 0. The highest BCUT2D eigenvalue weighted by molar-refractivity contribution is 5.80. The summed E-state index contributed by atoms with van der Waals surface area (Å²) in [6.45, 7) is 10.5. The van der Waals surface area contributed by atoms with Gasteiger partial charge in [-0.3, -0.25) is 4.79 Å². The lowest BCUT2D eigenvalue weighted by atomic mass is 9.98. The monoisotopic (exact) mass is 407 g/mol. The third kappa shape index (κ3) is 9.45. The van der Waals surface area contributed by atoms with Crippen molar-refractivity contribution in [3.63, 3.8) is 0 Å². The summed E-state index contributed by atoms with van der Waals surface area (Å²) in [5, 5.41) is 2.73. The molecule has 7 heteroatoms. The van der Waals surface area contributed by atoms with Gasteiger partial charge in [-0.15, -0.1) is 0 Å². The summed E-state index contributed by atoms with van der Waals surface area (Å²) in [5.41, 5.74) is 0.207. The Bertz CT molecular complexity index is 668. The number of hydrogen-bond acceptors (Lipinski definition) is 6. The smallest absolute Gasteiger partial charge is 0.407 e. The molecule has 0 saturated carbocycles. The van der Waals surface area contributed by atoms with Gasteiger partial charge in [0.15, 0.2) is 6.10 Å². The Hall–Kier alpha value is -2.57. The van der Waals surface area contributed by atoms with E-state index >= 15 is 0 Å². The second-order valence-corrected chi connectivity index (χ2v) is 8.00. The first-order chi connectivity index (χ1) is 13.5. The molecule has 1 amide bonds. The van der Waals surface area contributed by atoms with Crippen LogP contribution in [-0.4, -0.2) is 35.8 Å². The minimum Gasteiger partial charge on any atom is -0.458 e. The standard InChI is InChI=1S/C22H33NO6/c1-7-11-18(23-21(26)29-22(4,5)6)15(2)19(24)28-16(3)20(25)27-14-17-12-9-8-10-13-17/h8-10,12-13,15-16,18H,7,11,14H2,1-6H3,(H,23,26)/t15-,16+,18-/m1/s1. The van der Waals surface area contributed by atoms with Gasteiger partial charge in [0.1, 0.15) is 12.2 Å². The number of rotatable bonds is 9. The molecule has 0 aliphatic carbocycles. The average molecular weight is 408 g/mol. The maximum Gasteiger partial charge on any atom is 0.407 e. The van der Waals surface area contributed by atoms with Crippen molar-refractivity contribution in [2.45, 2.75) is 78.7 Å². The summed E-state index contributed by atoms with van der Waals surface area (Å²) >= 11 is 0. The largest absolute Gasteiger partial charge is 0.458 e. The molecule has 0 saturated heterocycles. The van der Waals surface area contributed by atoms with Gasteiger partial charge >= 0.3 is 18.0 Å². The average Bonchev–Trinajstić information content (AvgIpc) is 2.64. The van der Waals surface area contributed by atoms with Crippen molar-refractivity contribution in [2.75, 3.05) is 0 Å². The van der Waals surface area contributed by atoms with Crippen LogP contribution < -0.4 is 5.32 Å². The van der Waals surface area contributed by atoms with E-state index in [4.69, 9.17) is 14.2 Å². The van der Waals surface area contributed by atoms with E-state index in [1.54, 1.807) is 27.7 Å². The first-order valence-corrected chi connectivity index (χ1v) is 9.94. The van der Waals surface area contributed by atoms with Crippen LogP contribution in [-0.2, 0) is 30.4 Å². The van der Waals surface area contributed by atoms with Gasteiger partial charge in [-0.2, -0.15) is 0 Å². The third-order valence-electron chi connectivity index (χ3n) is 4.13. The van der Waals surface area contributed by atoms with Crippen LogP contribution in [0.15, 0.2) is 30.3 Å². The van der Waals surface area contributed by atoms with Crippen LogP contribution >= 0.6 is 0 Å². The molecule has 1 N–H and O–H groups in total. The van der Waals surface area contributed by atoms with Gasteiger partial charge in [-0.05, 0) is 46.6 Å². The quantitative estimate of drug-likeness (QED) is 0.492. The van der Waals surface area contributed by atoms with Gasteiger partial charge in [0.2, 0.25) is 0 Å². The first kappa shape index (κ1) is 24.5. The molecule has 0 unspecified atom stereocenters. The second kappa shape index (κ2) is 11.4. The lowest BCUT2D eigenvalue weighted by Crippen LogP contribution is -2.45. The maximum atomic E-state index is 12.5. The van der Waals surface area contributed by atoms with Crippen molar-refractivity contribution in [2.24, 2.45) is 5.92 Å². The molecular formula is C22H33NO6. The number of carbonyl (C=O) groups is 3. The number of ether oxygens (including phenoxy) is 3. The molecule has 3 atom stereocenters. The number of nitrogens with one attached hydrogen (secondary N) is 1. The SMILES string of the molecule is CCC[C@@H](NC(=O)OC(C)(C)C)[C@@H](C)C(=O)O[C@@H](C)C(=O)OCc1ccccc1. The van der Waals surface area contributed by atoms with Crippen molar-refractivity contribution in [1.29, 1.82) is 0 Å². The predicted molar refractivity (Wildman–Crippen MR) is 109 cm³/mol. The van der Waals surface area contributed by atoms with Gasteiger partial charge in [-0.25, -0.2) is 9.59 Å². The molecule has 1 aromatic rings. The van der Waals surface area contributed by atoms with Gasteiger partial charge < -0.3 is 19.5 Å². The zero-order valence-corrected chi connectivity index (χ0v) is 18.2. The molecule has 29 heavy (non-hydrogen) atoms. The Morgan fingerprint density at radius 2 is 1.66 bits per heavy atom. The number of alkyl carbamates (subject to hydrolysis) is 1. The highest BCUT2D eigenvalue weighted by atomic mass is 16.6. The van der Waals surface area contributed by atoms with Gasteiger partial charge in [0, 0.05) is 6.04 Å². The summed E-state index contributed by atoms with van der Waals surface area (Å²) in [6, 6.07) is 8.78. The number of esters is 2. The van der Waals surface area contributed by atoms with E-state index in [1.807, 2.05) is 37.3 Å². The van der Waals surface area contributed by atoms with Crippen molar-refractivity contribution in [1.82, 2.24) is 5.32 Å². The molecule has 0 aromatic heterocycles. The molecule has 1 rings (SSSR count). The fraction of sp³-hybridized carbons (Fsp3) is 0.591. The van der Waals surface area contributed by atoms with E-state index in [1.165, 1.54) is 6.92 Å². The molecule has 0 radical (unpaired) electrons. The highest BCUT2D eigenvalue weighted by Gasteiger charge is 2.30. The number of amides is 1. The Labute approximate surface area is 173 Å². The summed E-state index contributed by atoms with van der Waals surface area (Å²) in [6.07, 6.45) is -0.307. The number of carbonyl (C=O) groups excluding carboxylic acids is 3. The Kier molecular flexibility index (Phi) is 9.65. The highest BCUT2D eigenvalue weighted by Crippen LogP contribution is 2.15. The summed E-state index contributed by atoms with van der Waals surface area (Å²) < 4.78 is 15.7. The second-order valence-electron chi connectivity index (χ2n) is 8.00. The fourth-order valence-electron chi connectivity index (χ4n) is 2.56. The predicted octanol–water partition coefficient (Wildman–Crippen LogP) is 3.99. The summed E-state index contributed by atoms with van der Waals surface area (Å²) in [4.78, 5) is 36.7. The molecule has 0 bridgehead atoms. The van der Waals surface area contributed by atoms with E-state index in [-0.39, 0.29) is 6.61 Å². The molecule has 0 aliphatic rings. The zero-order valence-electron chi connectivity index (χ0n) is 18.2. The van der Waals surface area contributed by atoms with Crippen molar-refractivity contribution < 1.29 is 28.6 Å². The molecule has 162 valence electrons. The van der Waals surface area contributed by atoms with Gasteiger partial charge in [-0.1, -0.05) is 43.7 Å². The Balaban J connectivity index is 2.59. The Morgan fingerprint density at radius 1 is 1.03 bits per heavy atom. The maximum absolute atomic E-state index is 12.5. The van der Waals surface area contributed by atoms with Crippen LogP contribution in [0, 0.1) is 5.92 Å². The van der Waals surface area contributed by atoms with Crippen LogP contribution in [0.4, 0.5) is 4.79 Å². The van der Waals surface area contributed by atoms with Crippen molar-refractivity contribution in [3.8, 4) is 0 Å². The Morgan fingerprint density at radius 3 is 2.21 bits per heavy atom. The third-order valence-corrected chi connectivity index (χ3v) is 4.13. The van der Waals surface area contributed by atoms with Crippen LogP contribution in [0.2, 0.25) is 0 Å². The van der Waals surface area contributed by atoms with E-state index in [9.17, 15) is 14.4 Å². The lowest BCUT2D eigenvalue weighted by Gasteiger charge is -2.27. The van der Waals surface area contributed by atoms with Crippen LogP contribution in [0.1, 0.15) is 59.9 Å². The molecular weight excluding hydrogens is 374 g/mol. The van der Waals surface area contributed by atoms with Crippen LogP contribution in [0.25, 0.3) is 0 Å². The van der Waals surface area contributed by atoms with Crippen molar-refractivity contribution >= 4 is 18.0 Å². The number of hydrogen-bond donors (Lipinski definition) is 1. The molecule has 0 spiro atoms. The minimum absolute atomic E-state index is 0.107. The molecule has 0 aliphatic heterocycles. The fourth-order valence-corrected chi connectivity index (χ4v) is 2.56. The van der Waals surface area contributed by atoms with E-state index < -0.39 is 41.7 Å². The van der Waals surface area contributed by atoms with Gasteiger partial charge in [0.25, 0.3) is 0 Å². The van der Waals surface area contributed by atoms with E-state index in [2.05, 4.69) is 5.32 Å². The minimum atomic E-state index is -1.04. The van der Waals surface area contributed by atoms with Crippen LogP contribution in [0.5, 0.6) is 0 Å². The normalized spacial score (nSPS) is 14.3. The molecule has 1 aromatic carbocycles. The molecule has 7 nitrogen and oxygen atoms in total. The van der Waals surface area contributed by atoms with Crippen molar-refractivity contribution in [3.05, 3.63) is 35.9 Å². The lowest BCUT2D eigenvalue weighted by molar-refractivity contribution is -0.170. The van der Waals surface area contributed by atoms with Gasteiger partial charge in [0.05, 0.1) is 5.92 Å². The topological polar surface area (TPSA) is 90.9 Å². The van der Waals surface area contributed by atoms with Crippen LogP contribution in [0.3, 0.4) is 0 Å². The van der Waals surface area contributed by atoms with E-state index in [0.717, 1.165) is 12.0 Å². The summed E-state index contributed by atoms with van der Waals surface area (Å²) in [5.74, 6) is -1.85. The number of benzene rings is 1. The zero-order chi connectivity index (χ0) is 22.0. The molecule has 0 heterocycles. The van der Waals surface area contributed by atoms with E-state index in [0.29, 0.717) is 6.42 Å². The molecule has 0 fully saturated rings. The first-order valence-electron chi connectivity index (χ1n) is 9.94.